The highest BCUT2D eigenvalue weighted by molar-refractivity contribution is 9.10. The second kappa shape index (κ2) is 8.06. The van der Waals surface area contributed by atoms with Crippen LogP contribution in [0.4, 0.5) is 17.6 Å². The molecule has 4 nitrogen and oxygen atoms in total. The van der Waals surface area contributed by atoms with Crippen LogP contribution in [0.25, 0.3) is 5.57 Å². The Kier molecular flexibility index (Phi) is 4.96. The summed E-state index contributed by atoms with van der Waals surface area (Å²) in [4.78, 5) is 18.0. The van der Waals surface area contributed by atoms with Crippen LogP contribution < -0.4 is 0 Å². The van der Waals surface area contributed by atoms with Crippen LogP contribution in [0.15, 0.2) is 114 Å². The van der Waals surface area contributed by atoms with Gasteiger partial charge >= 0.3 is 0 Å². The molecule has 0 radical (unpaired) electrons. The topological polar surface area (TPSA) is 49.4 Å². The number of allylic oxidation sites excluding steroid dienone is 12. The minimum absolute atomic E-state index is 0.0963. The standard InChI is InChI=1S/C26H11BrF4N4/c27-22-25(30)23(28)21(24(29)26(22)31)19-10-18-9-16-4-3-14(33-16)7-12-1-2-13(32-12)8-15-5-6-17(34-15)11-20(19)35-18/h1-11H. The SMILES string of the molecule is Fc1c(F)c(C2=CC3=CC4=NC(=CC5=NC(=CC6=NC(=CC2=N3)C=C6)C=C5)C=C4)c(F)c(F)c1Br. The molecular weight excluding hydrogens is 524 g/mol. The molecule has 5 heterocycles. The third kappa shape index (κ3) is 3.77. The number of aliphatic imine (C=N–C) groups is 4. The molecule has 0 saturated heterocycles. The number of rotatable bonds is 1. The van der Waals surface area contributed by atoms with Crippen LogP contribution in [-0.4, -0.2) is 22.8 Å². The van der Waals surface area contributed by atoms with Crippen molar-refractivity contribution in [3.63, 3.8) is 0 Å². The predicted molar refractivity (Wildman–Crippen MR) is 131 cm³/mol. The lowest BCUT2D eigenvalue weighted by Gasteiger charge is -2.10. The Balaban J connectivity index is 1.55. The first-order chi connectivity index (χ1) is 16.9. The molecule has 1 aromatic rings. The molecule has 35 heavy (non-hydrogen) atoms. The molecule has 0 saturated carbocycles. The van der Waals surface area contributed by atoms with Gasteiger partial charge in [0.1, 0.15) is 0 Å². The summed E-state index contributed by atoms with van der Waals surface area (Å²) >= 11 is 2.55. The van der Waals surface area contributed by atoms with Gasteiger partial charge < -0.3 is 0 Å². The minimum atomic E-state index is -1.53. The van der Waals surface area contributed by atoms with Gasteiger partial charge in [0.05, 0.1) is 55.7 Å². The lowest BCUT2D eigenvalue weighted by atomic mass is 9.99. The Hall–Kier alpha value is -3.98. The summed E-state index contributed by atoms with van der Waals surface area (Å²) in [6.45, 7) is 0. The van der Waals surface area contributed by atoms with Gasteiger partial charge in [0.15, 0.2) is 23.3 Å². The summed E-state index contributed by atoms with van der Waals surface area (Å²) < 4.78 is 57.5. The van der Waals surface area contributed by atoms with Crippen molar-refractivity contribution in [2.24, 2.45) is 20.0 Å². The Labute approximate surface area is 204 Å². The number of fused-ring (bicyclic) bond motifs is 4. The molecule has 0 fully saturated rings. The molecule has 5 aliphatic rings. The number of benzene rings is 1. The van der Waals surface area contributed by atoms with Crippen molar-refractivity contribution >= 4 is 44.3 Å². The van der Waals surface area contributed by atoms with Gasteiger partial charge in [0, 0.05) is 5.57 Å². The van der Waals surface area contributed by atoms with Gasteiger partial charge in [-0.25, -0.2) is 37.5 Å². The molecule has 0 N–H and O–H groups in total. The Morgan fingerprint density at radius 3 is 1.46 bits per heavy atom. The number of halogens is 5. The van der Waals surface area contributed by atoms with Crippen LogP contribution in [-0.2, 0) is 0 Å². The maximum Gasteiger partial charge on any atom is 0.176 e. The maximum atomic E-state index is 14.9. The largest absolute Gasteiger partial charge is 0.249 e. The van der Waals surface area contributed by atoms with E-state index in [0.717, 1.165) is 5.71 Å². The third-order valence-corrected chi connectivity index (χ3v) is 6.21. The van der Waals surface area contributed by atoms with Crippen LogP contribution in [0.5, 0.6) is 0 Å². The van der Waals surface area contributed by atoms with E-state index in [4.69, 9.17) is 0 Å². The minimum Gasteiger partial charge on any atom is -0.249 e. The van der Waals surface area contributed by atoms with Gasteiger partial charge in [-0.1, -0.05) is 0 Å². The van der Waals surface area contributed by atoms with E-state index < -0.39 is 33.3 Å². The molecule has 8 bridgehead atoms. The van der Waals surface area contributed by atoms with Gasteiger partial charge in [-0.15, -0.1) is 0 Å². The molecular formula is C26H11BrF4N4. The maximum absolute atomic E-state index is 14.9. The smallest absolute Gasteiger partial charge is 0.176 e. The molecule has 6 rings (SSSR count). The molecule has 0 aliphatic carbocycles. The van der Waals surface area contributed by atoms with E-state index in [1.165, 1.54) is 12.2 Å². The fraction of sp³-hybridized carbons (Fsp3) is 0. The fourth-order valence-electron chi connectivity index (χ4n) is 3.94. The van der Waals surface area contributed by atoms with E-state index in [1.54, 1.807) is 36.5 Å². The first-order valence-corrected chi connectivity index (χ1v) is 11.1. The van der Waals surface area contributed by atoms with Gasteiger partial charge in [-0.05, 0) is 82.8 Å². The third-order valence-electron chi connectivity index (χ3n) is 5.52. The lowest BCUT2D eigenvalue weighted by Crippen LogP contribution is -2.07. The summed E-state index contributed by atoms with van der Waals surface area (Å²) in [6.07, 6.45) is 18.8. The molecule has 0 aromatic heterocycles. The monoisotopic (exact) mass is 534 g/mol. The van der Waals surface area contributed by atoms with Crippen molar-refractivity contribution in [1.29, 1.82) is 0 Å². The number of hydrogen-bond donors (Lipinski definition) is 0. The van der Waals surface area contributed by atoms with Crippen molar-refractivity contribution in [3.8, 4) is 0 Å². The zero-order valence-corrected chi connectivity index (χ0v) is 19.1. The van der Waals surface area contributed by atoms with Crippen LogP contribution in [0, 0.1) is 23.3 Å². The predicted octanol–water partition coefficient (Wildman–Crippen LogP) is 6.43. The second-order valence-corrected chi connectivity index (χ2v) is 8.68. The van der Waals surface area contributed by atoms with Crippen molar-refractivity contribution in [2.45, 2.75) is 0 Å². The number of nitrogens with zero attached hydrogens (tertiary/aromatic N) is 4. The highest BCUT2D eigenvalue weighted by Gasteiger charge is 2.30. The van der Waals surface area contributed by atoms with E-state index in [2.05, 4.69) is 35.9 Å². The first kappa shape index (κ1) is 21.5. The van der Waals surface area contributed by atoms with E-state index in [9.17, 15) is 17.6 Å². The molecule has 170 valence electrons. The van der Waals surface area contributed by atoms with Crippen LogP contribution >= 0.6 is 15.9 Å². The molecule has 1 aromatic carbocycles. The molecule has 5 aliphatic heterocycles. The van der Waals surface area contributed by atoms with Crippen LogP contribution in [0.2, 0.25) is 0 Å². The van der Waals surface area contributed by atoms with Crippen LogP contribution in [0.1, 0.15) is 5.56 Å². The molecule has 0 atom stereocenters. The quantitative estimate of drug-likeness (QED) is 0.226. The van der Waals surface area contributed by atoms with Crippen LogP contribution in [0.3, 0.4) is 0 Å². The second-order valence-electron chi connectivity index (χ2n) is 7.89. The zero-order valence-electron chi connectivity index (χ0n) is 17.5. The van der Waals surface area contributed by atoms with Crippen molar-refractivity contribution in [3.05, 3.63) is 123 Å². The Bertz CT molecular complexity index is 1590. The van der Waals surface area contributed by atoms with Gasteiger partial charge in [0.25, 0.3) is 0 Å². The summed E-state index contributed by atoms with van der Waals surface area (Å²) in [5.41, 5.74) is 3.12. The average molecular weight is 535 g/mol. The average Bonchev–Trinajstić information content (AvgIpc) is 3.62. The fourth-order valence-corrected chi connectivity index (χ4v) is 4.29. The molecule has 9 heteroatoms. The molecule has 0 spiro atoms. The summed E-state index contributed by atoms with van der Waals surface area (Å²) in [6, 6.07) is 0. The normalized spacial score (nSPS) is 19.6. The van der Waals surface area contributed by atoms with E-state index in [1.807, 2.05) is 18.2 Å². The van der Waals surface area contributed by atoms with E-state index >= 15 is 0 Å². The van der Waals surface area contributed by atoms with E-state index in [0.29, 0.717) is 34.2 Å². The highest BCUT2D eigenvalue weighted by Crippen LogP contribution is 2.36. The molecule has 0 amide bonds. The summed E-state index contributed by atoms with van der Waals surface area (Å²) in [5, 5.41) is 0. The zero-order chi connectivity index (χ0) is 24.3. The van der Waals surface area contributed by atoms with E-state index in [-0.39, 0.29) is 11.3 Å². The van der Waals surface area contributed by atoms with Crippen molar-refractivity contribution < 1.29 is 17.6 Å². The van der Waals surface area contributed by atoms with Crippen molar-refractivity contribution in [1.82, 2.24) is 0 Å². The Morgan fingerprint density at radius 1 is 0.486 bits per heavy atom. The highest BCUT2D eigenvalue weighted by atomic mass is 79.9. The Morgan fingerprint density at radius 2 is 0.943 bits per heavy atom. The van der Waals surface area contributed by atoms with Gasteiger partial charge in [-0.3, -0.25) is 0 Å². The van der Waals surface area contributed by atoms with Crippen molar-refractivity contribution in [2.75, 3.05) is 0 Å². The summed E-state index contributed by atoms with van der Waals surface area (Å²) in [5.74, 6) is -6.11. The lowest BCUT2D eigenvalue weighted by molar-refractivity contribution is 0.443. The molecule has 0 unspecified atom stereocenters. The summed E-state index contributed by atoms with van der Waals surface area (Å²) in [7, 11) is 0. The van der Waals surface area contributed by atoms with Gasteiger partial charge in [-0.2, -0.15) is 0 Å². The van der Waals surface area contributed by atoms with Gasteiger partial charge in [0.2, 0.25) is 0 Å². The number of hydrogen-bond acceptors (Lipinski definition) is 4. The first-order valence-electron chi connectivity index (χ1n) is 10.4.